The normalized spacial score (nSPS) is 13.1. The number of ether oxygens (including phenoxy) is 2. The summed E-state index contributed by atoms with van der Waals surface area (Å²) in [5, 5.41) is 0. The van der Waals surface area contributed by atoms with Crippen LogP contribution in [0.2, 0.25) is 0 Å². The highest BCUT2D eigenvalue weighted by Gasteiger charge is 2.17. The van der Waals surface area contributed by atoms with E-state index >= 15 is 0 Å². The van der Waals surface area contributed by atoms with E-state index in [1.54, 1.807) is 0 Å². The summed E-state index contributed by atoms with van der Waals surface area (Å²) in [4.78, 5) is 4.46. The van der Waals surface area contributed by atoms with Gasteiger partial charge in [-0.15, -0.1) is 0 Å². The fourth-order valence-electron chi connectivity index (χ4n) is 2.32. The van der Waals surface area contributed by atoms with Crippen molar-refractivity contribution in [2.24, 2.45) is 12.8 Å². The highest BCUT2D eigenvalue weighted by Crippen LogP contribution is 2.36. The summed E-state index contributed by atoms with van der Waals surface area (Å²) < 4.78 is 12.7. The Morgan fingerprint density at radius 2 is 2.11 bits per heavy atom. The standard InChI is InChI=1S/C13H15N3O2/c1-8-13(16(2)12(6-14)15-8)9-3-4-10-11(5-9)18-7-17-10/h3-5H,6-7,14H2,1-2H3. The molecule has 0 bridgehead atoms. The number of nitrogens with two attached hydrogens (primary N) is 1. The van der Waals surface area contributed by atoms with Gasteiger partial charge in [0.1, 0.15) is 5.82 Å². The molecule has 1 aromatic heterocycles. The molecule has 0 aliphatic carbocycles. The summed E-state index contributed by atoms with van der Waals surface area (Å²) >= 11 is 0. The highest BCUT2D eigenvalue weighted by molar-refractivity contribution is 5.67. The van der Waals surface area contributed by atoms with Gasteiger partial charge in [0.2, 0.25) is 6.79 Å². The molecule has 1 aromatic carbocycles. The third kappa shape index (κ3) is 1.55. The molecule has 18 heavy (non-hydrogen) atoms. The molecule has 0 radical (unpaired) electrons. The Bertz CT molecular complexity index is 605. The van der Waals surface area contributed by atoms with Crippen LogP contribution in [0.5, 0.6) is 11.5 Å². The monoisotopic (exact) mass is 245 g/mol. The number of hydrogen-bond donors (Lipinski definition) is 1. The molecule has 2 N–H and O–H groups in total. The van der Waals surface area contributed by atoms with E-state index in [0.717, 1.165) is 34.3 Å². The minimum atomic E-state index is 0.289. The van der Waals surface area contributed by atoms with Crippen LogP contribution < -0.4 is 15.2 Å². The van der Waals surface area contributed by atoms with Gasteiger partial charge in [0.15, 0.2) is 11.5 Å². The maximum absolute atomic E-state index is 5.67. The van der Waals surface area contributed by atoms with Crippen molar-refractivity contribution in [1.29, 1.82) is 0 Å². The zero-order chi connectivity index (χ0) is 12.7. The average Bonchev–Trinajstić information content (AvgIpc) is 2.93. The molecule has 0 unspecified atom stereocenters. The van der Waals surface area contributed by atoms with E-state index in [2.05, 4.69) is 4.98 Å². The van der Waals surface area contributed by atoms with Gasteiger partial charge in [-0.2, -0.15) is 0 Å². The fourth-order valence-corrected chi connectivity index (χ4v) is 2.32. The van der Waals surface area contributed by atoms with E-state index in [4.69, 9.17) is 15.2 Å². The Kier molecular flexibility index (Phi) is 2.48. The van der Waals surface area contributed by atoms with Gasteiger partial charge < -0.3 is 19.8 Å². The van der Waals surface area contributed by atoms with E-state index < -0.39 is 0 Å². The predicted molar refractivity (Wildman–Crippen MR) is 67.4 cm³/mol. The zero-order valence-corrected chi connectivity index (χ0v) is 10.4. The lowest BCUT2D eigenvalue weighted by molar-refractivity contribution is 0.174. The summed E-state index contributed by atoms with van der Waals surface area (Å²) in [6, 6.07) is 5.91. The smallest absolute Gasteiger partial charge is 0.231 e. The predicted octanol–water partition coefficient (Wildman–Crippen LogP) is 1.58. The van der Waals surface area contributed by atoms with Crippen LogP contribution in [0.25, 0.3) is 11.3 Å². The number of rotatable bonds is 2. The SMILES string of the molecule is Cc1nc(CN)n(C)c1-c1ccc2c(c1)OCO2. The Morgan fingerprint density at radius 3 is 2.83 bits per heavy atom. The van der Waals surface area contributed by atoms with Crippen LogP contribution >= 0.6 is 0 Å². The van der Waals surface area contributed by atoms with E-state index in [-0.39, 0.29) is 6.79 Å². The minimum absolute atomic E-state index is 0.289. The minimum Gasteiger partial charge on any atom is -0.454 e. The lowest BCUT2D eigenvalue weighted by atomic mass is 10.1. The maximum Gasteiger partial charge on any atom is 0.231 e. The van der Waals surface area contributed by atoms with E-state index in [0.29, 0.717) is 6.54 Å². The number of benzene rings is 1. The van der Waals surface area contributed by atoms with Crippen molar-refractivity contribution in [3.8, 4) is 22.8 Å². The number of nitrogens with zero attached hydrogens (tertiary/aromatic N) is 2. The van der Waals surface area contributed by atoms with Crippen molar-refractivity contribution in [2.75, 3.05) is 6.79 Å². The van der Waals surface area contributed by atoms with E-state index in [1.165, 1.54) is 0 Å². The lowest BCUT2D eigenvalue weighted by Gasteiger charge is -2.07. The molecule has 0 saturated heterocycles. The van der Waals surface area contributed by atoms with Crippen molar-refractivity contribution in [3.05, 3.63) is 29.7 Å². The van der Waals surface area contributed by atoms with E-state index in [9.17, 15) is 0 Å². The van der Waals surface area contributed by atoms with Crippen LogP contribution in [-0.2, 0) is 13.6 Å². The second-order valence-corrected chi connectivity index (χ2v) is 4.29. The molecule has 0 atom stereocenters. The van der Waals surface area contributed by atoms with Gasteiger partial charge in [-0.25, -0.2) is 4.98 Å². The average molecular weight is 245 g/mol. The lowest BCUT2D eigenvalue weighted by Crippen LogP contribution is -2.05. The molecule has 2 aromatic rings. The third-order valence-electron chi connectivity index (χ3n) is 3.19. The number of aromatic nitrogens is 2. The molecule has 2 heterocycles. The third-order valence-corrected chi connectivity index (χ3v) is 3.19. The number of fused-ring (bicyclic) bond motifs is 1. The zero-order valence-electron chi connectivity index (χ0n) is 10.4. The van der Waals surface area contributed by atoms with Gasteiger partial charge in [-0.3, -0.25) is 0 Å². The van der Waals surface area contributed by atoms with Crippen LogP contribution in [0, 0.1) is 6.92 Å². The molecule has 0 amide bonds. The number of aryl methyl sites for hydroxylation is 1. The summed E-state index contributed by atoms with van der Waals surface area (Å²) in [6.07, 6.45) is 0. The summed E-state index contributed by atoms with van der Waals surface area (Å²) in [5.41, 5.74) is 8.77. The van der Waals surface area contributed by atoms with Gasteiger partial charge in [0.05, 0.1) is 17.9 Å². The van der Waals surface area contributed by atoms with Gasteiger partial charge in [-0.1, -0.05) is 0 Å². The van der Waals surface area contributed by atoms with Crippen LogP contribution in [0.1, 0.15) is 11.5 Å². The Labute approximate surface area is 105 Å². The van der Waals surface area contributed by atoms with Crippen LogP contribution in [-0.4, -0.2) is 16.3 Å². The molecule has 0 fully saturated rings. The molecule has 0 spiro atoms. The summed E-state index contributed by atoms with van der Waals surface area (Å²) in [5.74, 6) is 2.44. The first-order chi connectivity index (χ1) is 8.70. The number of imidazole rings is 1. The topological polar surface area (TPSA) is 62.3 Å². The van der Waals surface area contributed by atoms with Crippen LogP contribution in [0.4, 0.5) is 0 Å². The van der Waals surface area contributed by atoms with Crippen LogP contribution in [0.3, 0.4) is 0 Å². The summed E-state index contributed by atoms with van der Waals surface area (Å²) in [6.45, 7) is 2.71. The molecular formula is C13H15N3O2. The van der Waals surface area contributed by atoms with Crippen molar-refractivity contribution in [3.63, 3.8) is 0 Å². The van der Waals surface area contributed by atoms with Crippen LogP contribution in [0.15, 0.2) is 18.2 Å². The molecule has 1 aliphatic heterocycles. The fraction of sp³-hybridized carbons (Fsp3) is 0.308. The molecule has 3 rings (SSSR count). The van der Waals surface area contributed by atoms with Gasteiger partial charge in [-0.05, 0) is 25.1 Å². The van der Waals surface area contributed by atoms with Crippen molar-refractivity contribution >= 4 is 0 Å². The quantitative estimate of drug-likeness (QED) is 0.872. The Balaban J connectivity index is 2.12. The van der Waals surface area contributed by atoms with Gasteiger partial charge >= 0.3 is 0 Å². The first-order valence-electron chi connectivity index (χ1n) is 5.83. The second kappa shape index (κ2) is 4.03. The largest absolute Gasteiger partial charge is 0.454 e. The maximum atomic E-state index is 5.67. The van der Waals surface area contributed by atoms with E-state index in [1.807, 2.05) is 36.7 Å². The molecule has 1 aliphatic rings. The Hall–Kier alpha value is -2.01. The molecule has 0 saturated carbocycles. The van der Waals surface area contributed by atoms with Gasteiger partial charge in [0.25, 0.3) is 0 Å². The summed E-state index contributed by atoms with van der Waals surface area (Å²) in [7, 11) is 1.97. The molecule has 5 nitrogen and oxygen atoms in total. The number of hydrogen-bond acceptors (Lipinski definition) is 4. The molecule has 5 heteroatoms. The molecular weight excluding hydrogens is 230 g/mol. The van der Waals surface area contributed by atoms with Crippen molar-refractivity contribution in [2.45, 2.75) is 13.5 Å². The van der Waals surface area contributed by atoms with Crippen molar-refractivity contribution in [1.82, 2.24) is 9.55 Å². The first-order valence-corrected chi connectivity index (χ1v) is 5.83. The van der Waals surface area contributed by atoms with Crippen molar-refractivity contribution < 1.29 is 9.47 Å². The van der Waals surface area contributed by atoms with Gasteiger partial charge in [0, 0.05) is 12.6 Å². The molecule has 94 valence electrons. The second-order valence-electron chi connectivity index (χ2n) is 4.29. The highest BCUT2D eigenvalue weighted by atomic mass is 16.7. The Morgan fingerprint density at radius 1 is 1.33 bits per heavy atom. The first kappa shape index (κ1) is 11.1.